The number of aldehydes is 1. The van der Waals surface area contributed by atoms with Crippen LogP contribution in [-0.4, -0.2) is 74.2 Å². The van der Waals surface area contributed by atoms with Crippen LogP contribution < -0.4 is 14.4 Å². The minimum absolute atomic E-state index is 0.000718. The molecule has 2 fully saturated rings. The molecule has 2 aromatic heterocycles. The number of benzene rings is 2. The number of rotatable bonds is 9. The molecule has 0 amide bonds. The van der Waals surface area contributed by atoms with Crippen molar-refractivity contribution in [1.82, 2.24) is 14.3 Å². The minimum Gasteiger partial charge on any atom is -0.494 e. The number of pyridine rings is 1. The maximum absolute atomic E-state index is 15.2. The fourth-order valence-electron chi connectivity index (χ4n) is 5.81. The molecule has 4 heterocycles. The number of carbonyl (C=O) groups is 2. The van der Waals surface area contributed by atoms with Crippen molar-refractivity contribution < 1.29 is 31.5 Å². The number of halogens is 2. The lowest BCUT2D eigenvalue weighted by molar-refractivity contribution is -0.111. The monoisotopic (exact) mass is 623 g/mol. The molecule has 2 aliphatic heterocycles. The molecule has 0 bridgehead atoms. The second-order valence-corrected chi connectivity index (χ2v) is 12.7. The van der Waals surface area contributed by atoms with E-state index in [-0.39, 0.29) is 42.4 Å². The second kappa shape index (κ2) is 12.0. The molecule has 2 aromatic carbocycles. The van der Waals surface area contributed by atoms with Crippen molar-refractivity contribution in [1.29, 1.82) is 0 Å². The number of anilines is 2. The van der Waals surface area contributed by atoms with Gasteiger partial charge in [-0.3, -0.25) is 9.52 Å². The highest BCUT2D eigenvalue weighted by atomic mass is 32.2. The number of aromatic nitrogens is 2. The summed E-state index contributed by atoms with van der Waals surface area (Å²) in [5.41, 5.74) is 2.60. The second-order valence-electron chi connectivity index (χ2n) is 11.0. The number of H-pyrrole nitrogens is 1. The highest BCUT2D eigenvalue weighted by Crippen LogP contribution is 2.36. The average Bonchev–Trinajstić information content (AvgIpc) is 3.68. The molecule has 230 valence electrons. The molecule has 0 radical (unpaired) electrons. The largest absolute Gasteiger partial charge is 0.494 e. The molecule has 0 spiro atoms. The van der Waals surface area contributed by atoms with E-state index in [1.54, 1.807) is 12.3 Å². The predicted octanol–water partition coefficient (Wildman–Crippen LogP) is 4.72. The van der Waals surface area contributed by atoms with Crippen LogP contribution in [-0.2, 0) is 15.0 Å². The van der Waals surface area contributed by atoms with Gasteiger partial charge >= 0.3 is 10.2 Å². The number of alkyl halides is 1. The van der Waals surface area contributed by atoms with Crippen LogP contribution >= 0.6 is 0 Å². The molecule has 2 aliphatic rings. The van der Waals surface area contributed by atoms with Crippen LogP contribution in [0.3, 0.4) is 0 Å². The lowest BCUT2D eigenvalue weighted by Gasteiger charge is -2.31. The molecule has 44 heavy (non-hydrogen) atoms. The van der Waals surface area contributed by atoms with E-state index in [1.807, 2.05) is 24.3 Å². The van der Waals surface area contributed by atoms with Crippen molar-refractivity contribution in [2.75, 3.05) is 42.9 Å². The van der Waals surface area contributed by atoms with Crippen LogP contribution in [0.1, 0.15) is 35.2 Å². The fourth-order valence-corrected chi connectivity index (χ4v) is 7.09. The summed E-state index contributed by atoms with van der Waals surface area (Å²) in [6.45, 7) is 1.32. The molecule has 0 saturated carbocycles. The number of nitrogens with one attached hydrogen (secondary N) is 2. The molecule has 4 aromatic rings. The van der Waals surface area contributed by atoms with Crippen LogP contribution in [0, 0.1) is 11.7 Å². The minimum atomic E-state index is -4.18. The SMILES string of the molecule is COc1c(NS(=O)(=O)N2CC[C@@H](F)C2)ccc(F)c1C(=O)c1c[nH]c2ncc(-c3ccc(N4CCC(C=O)CC4)cc3)cc12. The Morgan fingerprint density at radius 2 is 1.84 bits per heavy atom. The van der Waals surface area contributed by atoms with E-state index in [1.165, 1.54) is 13.3 Å². The van der Waals surface area contributed by atoms with Crippen LogP contribution in [0.4, 0.5) is 20.2 Å². The van der Waals surface area contributed by atoms with E-state index >= 15 is 4.39 Å². The normalized spacial score (nSPS) is 18.1. The van der Waals surface area contributed by atoms with E-state index in [0.29, 0.717) is 11.0 Å². The fraction of sp³-hybridized carbons (Fsp3) is 0.323. The molecular formula is C31H31F2N5O5S. The maximum Gasteiger partial charge on any atom is 0.301 e. The first-order chi connectivity index (χ1) is 21.2. The zero-order chi connectivity index (χ0) is 31.0. The molecule has 6 rings (SSSR count). The van der Waals surface area contributed by atoms with Crippen molar-refractivity contribution >= 4 is 44.7 Å². The Kier molecular flexibility index (Phi) is 8.08. The number of nitrogens with zero attached hydrogens (tertiary/aromatic N) is 3. The number of ether oxygens (including phenoxy) is 1. The number of hydrogen-bond acceptors (Lipinski definition) is 7. The van der Waals surface area contributed by atoms with Crippen LogP contribution in [0.25, 0.3) is 22.2 Å². The van der Waals surface area contributed by atoms with Gasteiger partial charge < -0.3 is 19.4 Å². The third-order valence-electron chi connectivity index (χ3n) is 8.28. The van der Waals surface area contributed by atoms with Gasteiger partial charge in [-0.2, -0.15) is 12.7 Å². The van der Waals surface area contributed by atoms with Crippen molar-refractivity contribution in [3.8, 4) is 16.9 Å². The van der Waals surface area contributed by atoms with Crippen molar-refractivity contribution in [3.05, 3.63) is 71.8 Å². The lowest BCUT2D eigenvalue weighted by atomic mass is 9.97. The Labute approximate surface area is 253 Å². The molecule has 1 atom stereocenters. The Balaban J connectivity index is 1.29. The van der Waals surface area contributed by atoms with Crippen molar-refractivity contribution in [2.24, 2.45) is 5.92 Å². The Morgan fingerprint density at radius 1 is 1.09 bits per heavy atom. The summed E-state index contributed by atoms with van der Waals surface area (Å²) in [6.07, 6.45) is 4.59. The summed E-state index contributed by atoms with van der Waals surface area (Å²) in [5, 5.41) is 0.450. The van der Waals surface area contributed by atoms with Crippen molar-refractivity contribution in [3.63, 3.8) is 0 Å². The summed E-state index contributed by atoms with van der Waals surface area (Å²) in [4.78, 5) is 34.6. The summed E-state index contributed by atoms with van der Waals surface area (Å²) < 4.78 is 63.3. The van der Waals surface area contributed by atoms with Crippen LogP contribution in [0.5, 0.6) is 5.75 Å². The van der Waals surface area contributed by atoms with Gasteiger partial charge in [-0.1, -0.05) is 12.1 Å². The molecule has 10 nitrogen and oxygen atoms in total. The van der Waals surface area contributed by atoms with Gasteiger partial charge in [0.2, 0.25) is 5.78 Å². The zero-order valence-electron chi connectivity index (χ0n) is 23.9. The van der Waals surface area contributed by atoms with E-state index < -0.39 is 33.5 Å². The topological polar surface area (TPSA) is 125 Å². The lowest BCUT2D eigenvalue weighted by Crippen LogP contribution is -2.34. The molecular weight excluding hydrogens is 592 g/mol. The third kappa shape index (κ3) is 5.64. The van der Waals surface area contributed by atoms with Gasteiger partial charge in [0.05, 0.1) is 12.8 Å². The van der Waals surface area contributed by atoms with E-state index in [0.717, 1.165) is 65.5 Å². The predicted molar refractivity (Wildman–Crippen MR) is 163 cm³/mol. The number of piperidine rings is 1. The number of carbonyl (C=O) groups excluding carboxylic acids is 2. The Hall–Kier alpha value is -4.36. The Morgan fingerprint density at radius 3 is 2.50 bits per heavy atom. The summed E-state index contributed by atoms with van der Waals surface area (Å²) >= 11 is 0. The Bertz CT molecular complexity index is 1820. The highest BCUT2D eigenvalue weighted by Gasteiger charge is 2.33. The van der Waals surface area contributed by atoms with Crippen LogP contribution in [0.15, 0.2) is 54.9 Å². The van der Waals surface area contributed by atoms with Gasteiger partial charge in [0, 0.05) is 66.7 Å². The summed E-state index contributed by atoms with van der Waals surface area (Å²) in [5.74, 6) is -1.81. The first-order valence-electron chi connectivity index (χ1n) is 14.3. The number of fused-ring (bicyclic) bond motifs is 1. The highest BCUT2D eigenvalue weighted by molar-refractivity contribution is 7.90. The third-order valence-corrected chi connectivity index (χ3v) is 9.77. The van der Waals surface area contributed by atoms with Gasteiger partial charge in [-0.05, 0) is 55.2 Å². The van der Waals surface area contributed by atoms with Gasteiger partial charge in [0.15, 0.2) is 5.75 Å². The van der Waals surface area contributed by atoms with Gasteiger partial charge in [0.25, 0.3) is 0 Å². The summed E-state index contributed by atoms with van der Waals surface area (Å²) in [7, 11) is -2.97. The maximum atomic E-state index is 15.2. The van der Waals surface area contributed by atoms with Gasteiger partial charge in [0.1, 0.15) is 29.5 Å². The first kappa shape index (κ1) is 29.7. The molecule has 2 saturated heterocycles. The molecule has 0 unspecified atom stereocenters. The number of ketones is 1. The zero-order valence-corrected chi connectivity index (χ0v) is 24.7. The smallest absolute Gasteiger partial charge is 0.301 e. The average molecular weight is 624 g/mol. The number of aromatic amines is 1. The van der Waals surface area contributed by atoms with Crippen LogP contribution in [0.2, 0.25) is 0 Å². The molecule has 2 N–H and O–H groups in total. The quantitative estimate of drug-likeness (QED) is 0.204. The number of hydrogen-bond donors (Lipinski definition) is 2. The van der Waals surface area contributed by atoms with E-state index in [4.69, 9.17) is 4.74 Å². The summed E-state index contributed by atoms with van der Waals surface area (Å²) in [6, 6.07) is 11.9. The van der Waals surface area contributed by atoms with E-state index in [9.17, 15) is 22.4 Å². The standard InChI is InChI=1S/C31H31F2N5O5S/c1-43-30-27(36-44(41,42)38-13-10-22(32)17-38)7-6-26(33)28(30)29(40)25-16-35-31-24(25)14-21(15-34-31)20-2-4-23(5-3-20)37-11-8-19(18-39)9-12-37/h2-7,14-16,18-19,22,36H,8-13,17H2,1H3,(H,34,35)/t22-/m1/s1. The molecule has 0 aliphatic carbocycles. The van der Waals surface area contributed by atoms with Crippen molar-refractivity contribution in [2.45, 2.75) is 25.4 Å². The number of methoxy groups -OCH3 is 1. The van der Waals surface area contributed by atoms with E-state index in [2.05, 4.69) is 19.6 Å². The van der Waals surface area contributed by atoms with Gasteiger partial charge in [-0.15, -0.1) is 0 Å². The van der Waals surface area contributed by atoms with Gasteiger partial charge in [-0.25, -0.2) is 13.8 Å². The molecule has 13 heteroatoms. The first-order valence-corrected chi connectivity index (χ1v) is 15.7.